The Bertz CT molecular complexity index is 932. The van der Waals surface area contributed by atoms with E-state index in [9.17, 15) is 8.78 Å². The first-order chi connectivity index (χ1) is 16.2. The van der Waals surface area contributed by atoms with Gasteiger partial charge in [-0.1, -0.05) is 54.6 Å². The second kappa shape index (κ2) is 15.2. The Morgan fingerprint density at radius 3 is 1.69 bits per heavy atom. The number of nitrogens with zero attached hydrogens (tertiary/aromatic N) is 2. The van der Waals surface area contributed by atoms with E-state index in [-0.39, 0.29) is 45.4 Å². The maximum atomic E-state index is 13.4. The Hall–Kier alpha value is -2.02. The molecule has 0 aliphatic carbocycles. The average molecular weight is 523 g/mol. The molecule has 0 amide bonds. The van der Waals surface area contributed by atoms with Crippen LogP contribution in [0.5, 0.6) is 0 Å². The summed E-state index contributed by atoms with van der Waals surface area (Å²) in [4.78, 5) is 4.97. The average Bonchev–Trinajstić information content (AvgIpc) is 2.85. The lowest BCUT2D eigenvalue weighted by Gasteiger charge is -2.35. The van der Waals surface area contributed by atoms with Crippen LogP contribution >= 0.6 is 0 Å². The second-order valence-electron chi connectivity index (χ2n) is 8.63. The highest BCUT2D eigenvalue weighted by atomic mass is 35.5. The molecule has 4 rings (SSSR count). The van der Waals surface area contributed by atoms with Crippen molar-refractivity contribution in [2.24, 2.45) is 0 Å². The number of benzene rings is 3. The molecule has 1 aliphatic rings. The lowest BCUT2D eigenvalue weighted by molar-refractivity contribution is -0.00100. The number of ether oxygens (including phenoxy) is 1. The summed E-state index contributed by atoms with van der Waals surface area (Å²) < 4.78 is 33.0. The molecule has 1 heterocycles. The fourth-order valence-electron chi connectivity index (χ4n) is 4.35. The van der Waals surface area contributed by atoms with Crippen molar-refractivity contribution in [1.82, 2.24) is 9.80 Å². The van der Waals surface area contributed by atoms with Crippen molar-refractivity contribution in [1.29, 1.82) is 0 Å². The van der Waals surface area contributed by atoms with Gasteiger partial charge in [-0.15, -0.1) is 0 Å². The SMILES string of the molecule is Fc1ccc(C(OCCN2CCN(CCCc3ccccc3)CC2)c2ccc(F)cc2)cc1.[Cl-].[Cl-].[H+].[H+]. The van der Waals surface area contributed by atoms with Gasteiger partial charge in [-0.3, -0.25) is 4.90 Å². The van der Waals surface area contributed by atoms with Crippen LogP contribution in [0.25, 0.3) is 0 Å². The fourth-order valence-corrected chi connectivity index (χ4v) is 4.35. The van der Waals surface area contributed by atoms with Gasteiger partial charge in [0.05, 0.1) is 6.61 Å². The van der Waals surface area contributed by atoms with Crippen LogP contribution in [-0.2, 0) is 11.2 Å². The molecule has 0 atom stereocenters. The highest BCUT2D eigenvalue weighted by Gasteiger charge is 2.19. The smallest absolute Gasteiger partial charge is 1.00 e. The number of piperazine rings is 1. The fraction of sp³-hybridized carbons (Fsp3) is 0.357. The zero-order valence-electron chi connectivity index (χ0n) is 21.8. The quantitative estimate of drug-likeness (QED) is 0.359. The van der Waals surface area contributed by atoms with Crippen molar-refractivity contribution >= 4 is 0 Å². The third-order valence-electron chi connectivity index (χ3n) is 6.29. The number of aryl methyl sites for hydroxylation is 1. The molecule has 0 bridgehead atoms. The predicted molar refractivity (Wildman–Crippen MR) is 130 cm³/mol. The van der Waals surface area contributed by atoms with E-state index in [0.717, 1.165) is 56.8 Å². The van der Waals surface area contributed by atoms with Crippen LogP contribution in [0.4, 0.5) is 8.78 Å². The lowest BCUT2D eigenvalue weighted by atomic mass is 10.0. The van der Waals surface area contributed by atoms with Crippen LogP contribution < -0.4 is 24.8 Å². The molecular weight excluding hydrogens is 489 g/mol. The molecule has 0 spiro atoms. The summed E-state index contributed by atoms with van der Waals surface area (Å²) in [6, 6.07) is 23.3. The van der Waals surface area contributed by atoms with Gasteiger partial charge in [0.2, 0.25) is 0 Å². The van der Waals surface area contributed by atoms with Crippen molar-refractivity contribution in [3.63, 3.8) is 0 Å². The molecule has 0 aromatic heterocycles. The summed E-state index contributed by atoms with van der Waals surface area (Å²) in [5, 5.41) is 0. The van der Waals surface area contributed by atoms with Gasteiger partial charge in [-0.05, 0) is 60.3 Å². The van der Waals surface area contributed by atoms with Crippen molar-refractivity contribution < 1.29 is 41.2 Å². The third kappa shape index (κ3) is 9.17. The Kier molecular flexibility index (Phi) is 12.7. The van der Waals surface area contributed by atoms with E-state index < -0.39 is 0 Å². The molecule has 3 aromatic rings. The number of hydrogen-bond acceptors (Lipinski definition) is 3. The Morgan fingerprint density at radius 2 is 1.17 bits per heavy atom. The minimum absolute atomic E-state index is 0. The molecule has 0 saturated carbocycles. The van der Waals surface area contributed by atoms with Gasteiger partial charge in [-0.2, -0.15) is 0 Å². The van der Waals surface area contributed by atoms with Gasteiger partial charge < -0.3 is 34.5 Å². The monoisotopic (exact) mass is 522 g/mol. The van der Waals surface area contributed by atoms with Crippen LogP contribution in [0.2, 0.25) is 0 Å². The number of halogens is 4. The Labute approximate surface area is 222 Å². The minimum atomic E-state index is -0.342. The Balaban J connectivity index is 0.00000324. The lowest BCUT2D eigenvalue weighted by Crippen LogP contribution is -3.00. The van der Waals surface area contributed by atoms with E-state index in [1.54, 1.807) is 24.3 Å². The molecule has 3 nitrogen and oxygen atoms in total. The highest BCUT2D eigenvalue weighted by molar-refractivity contribution is 5.30. The molecular formula is C28H34Cl2F2N2O. The molecule has 1 saturated heterocycles. The van der Waals surface area contributed by atoms with Crippen LogP contribution in [-0.4, -0.2) is 55.7 Å². The maximum Gasteiger partial charge on any atom is 1.00 e. The van der Waals surface area contributed by atoms with Gasteiger partial charge in [0, 0.05) is 32.7 Å². The summed E-state index contributed by atoms with van der Waals surface area (Å²) in [5.74, 6) is -0.559. The van der Waals surface area contributed by atoms with Gasteiger partial charge in [0.25, 0.3) is 0 Å². The second-order valence-corrected chi connectivity index (χ2v) is 8.63. The molecule has 35 heavy (non-hydrogen) atoms. The largest absolute Gasteiger partial charge is 1.00 e. The third-order valence-corrected chi connectivity index (χ3v) is 6.29. The number of rotatable bonds is 10. The number of hydrogen-bond donors (Lipinski definition) is 0. The van der Waals surface area contributed by atoms with Crippen molar-refractivity contribution in [2.45, 2.75) is 18.9 Å². The molecule has 3 aromatic carbocycles. The summed E-state index contributed by atoms with van der Waals surface area (Å²) in [6.45, 7) is 6.77. The minimum Gasteiger partial charge on any atom is -1.00 e. The summed E-state index contributed by atoms with van der Waals surface area (Å²) in [6.07, 6.45) is 1.97. The van der Waals surface area contributed by atoms with E-state index in [1.165, 1.54) is 36.2 Å². The zero-order chi connectivity index (χ0) is 22.9. The van der Waals surface area contributed by atoms with Crippen LogP contribution in [0.3, 0.4) is 0 Å². The first-order valence-electron chi connectivity index (χ1n) is 11.8. The normalized spacial score (nSPS) is 14.4. The summed E-state index contributed by atoms with van der Waals surface area (Å²) >= 11 is 0. The van der Waals surface area contributed by atoms with Gasteiger partial charge in [0.15, 0.2) is 0 Å². The summed E-state index contributed by atoms with van der Waals surface area (Å²) in [5.41, 5.74) is 3.14. The van der Waals surface area contributed by atoms with Gasteiger partial charge in [0.1, 0.15) is 17.7 Å². The molecule has 190 valence electrons. The van der Waals surface area contributed by atoms with Gasteiger partial charge in [-0.25, -0.2) is 8.78 Å². The van der Waals surface area contributed by atoms with Gasteiger partial charge >= 0.3 is 2.85 Å². The molecule has 7 heteroatoms. The molecule has 1 fully saturated rings. The van der Waals surface area contributed by atoms with E-state index in [4.69, 9.17) is 4.74 Å². The highest BCUT2D eigenvalue weighted by Crippen LogP contribution is 2.26. The van der Waals surface area contributed by atoms with E-state index in [0.29, 0.717) is 6.61 Å². The maximum absolute atomic E-state index is 13.4. The van der Waals surface area contributed by atoms with Crippen LogP contribution in [0.1, 0.15) is 32.1 Å². The first kappa shape index (κ1) is 29.2. The molecule has 0 N–H and O–H groups in total. The zero-order valence-corrected chi connectivity index (χ0v) is 21.3. The predicted octanol–water partition coefficient (Wildman–Crippen LogP) is -0.446. The molecule has 0 unspecified atom stereocenters. The first-order valence-corrected chi connectivity index (χ1v) is 11.8. The standard InChI is InChI=1S/C28H32F2N2O.2ClH/c29-26-12-8-24(9-13-26)28(25-10-14-27(30)15-11-25)33-22-21-32-19-17-31(18-20-32)16-4-7-23-5-2-1-3-6-23;;/h1-3,5-6,8-15,28H,4,7,16-22H2;2*1H. The summed E-state index contributed by atoms with van der Waals surface area (Å²) in [7, 11) is 0. The van der Waals surface area contributed by atoms with E-state index >= 15 is 0 Å². The van der Waals surface area contributed by atoms with E-state index in [1.807, 2.05) is 0 Å². The van der Waals surface area contributed by atoms with E-state index in [2.05, 4.69) is 40.1 Å². The van der Waals surface area contributed by atoms with Crippen molar-refractivity contribution in [3.8, 4) is 0 Å². The van der Waals surface area contributed by atoms with Crippen molar-refractivity contribution in [3.05, 3.63) is 107 Å². The van der Waals surface area contributed by atoms with Crippen molar-refractivity contribution in [2.75, 3.05) is 45.9 Å². The molecule has 0 radical (unpaired) electrons. The van der Waals surface area contributed by atoms with Crippen LogP contribution in [0, 0.1) is 11.6 Å². The topological polar surface area (TPSA) is 15.7 Å². The molecule has 1 aliphatic heterocycles. The van der Waals surface area contributed by atoms with Crippen LogP contribution in [0.15, 0.2) is 78.9 Å². The Morgan fingerprint density at radius 1 is 0.686 bits per heavy atom.